The highest BCUT2D eigenvalue weighted by Gasteiger charge is 2.22. The van der Waals surface area contributed by atoms with Gasteiger partial charge in [-0.05, 0) is 24.6 Å². The normalized spacial score (nSPS) is 10.7. The molecule has 0 saturated heterocycles. The van der Waals surface area contributed by atoms with Gasteiger partial charge < -0.3 is 16.8 Å². The molecule has 9 nitrogen and oxygen atoms in total. The summed E-state index contributed by atoms with van der Waals surface area (Å²) in [4.78, 5) is 26.1. The van der Waals surface area contributed by atoms with E-state index in [0.29, 0.717) is 13.0 Å². The highest BCUT2D eigenvalue weighted by Crippen LogP contribution is 2.23. The number of amides is 3. The number of hydrogen-bond donors (Lipinski definition) is 4. The molecule has 11 heteroatoms. The Kier molecular flexibility index (Phi) is 6.34. The number of nitrogens with zero attached hydrogens (tertiary/aromatic N) is 1. The fourth-order valence-electron chi connectivity index (χ4n) is 1.48. The molecule has 0 radical (unpaired) electrons. The van der Waals surface area contributed by atoms with E-state index in [1.165, 1.54) is 12.1 Å². The Hall–Kier alpha value is -2.33. The quantitative estimate of drug-likeness (QED) is 0.432. The summed E-state index contributed by atoms with van der Waals surface area (Å²) in [6.07, 6.45) is 0.636. The van der Waals surface area contributed by atoms with Crippen molar-refractivity contribution in [1.82, 2.24) is 10.0 Å². The average Bonchev–Trinajstić information content (AvgIpc) is 2.44. The second kappa shape index (κ2) is 7.79. The van der Waals surface area contributed by atoms with Crippen molar-refractivity contribution in [3.8, 4) is 0 Å². The van der Waals surface area contributed by atoms with Crippen molar-refractivity contribution < 1.29 is 18.0 Å². The highest BCUT2D eigenvalue weighted by molar-refractivity contribution is 7.90. The molecule has 23 heavy (non-hydrogen) atoms. The third-order valence-corrected chi connectivity index (χ3v) is 4.27. The first kappa shape index (κ1) is 18.7. The molecule has 0 spiro atoms. The van der Waals surface area contributed by atoms with Gasteiger partial charge in [0.05, 0.1) is 5.02 Å². The molecule has 0 aliphatic carbocycles. The highest BCUT2D eigenvalue weighted by atomic mass is 35.5. The number of carbonyl (C=O) groups is 2. The third kappa shape index (κ3) is 5.42. The van der Waals surface area contributed by atoms with E-state index in [1.54, 1.807) is 4.72 Å². The Morgan fingerprint density at radius 3 is 2.52 bits per heavy atom. The minimum atomic E-state index is -4.26. The van der Waals surface area contributed by atoms with E-state index >= 15 is 0 Å². The molecule has 3 amide bonds. The van der Waals surface area contributed by atoms with Crippen molar-refractivity contribution >= 4 is 39.5 Å². The van der Waals surface area contributed by atoms with Crippen LogP contribution in [-0.4, -0.2) is 32.9 Å². The van der Waals surface area contributed by atoms with Gasteiger partial charge in [-0.25, -0.2) is 17.9 Å². The predicted octanol–water partition coefficient (Wildman–Crippen LogP) is 0.152. The minimum absolute atomic E-state index is 0.0999. The number of hydrogen-bond acceptors (Lipinski definition) is 4. The lowest BCUT2D eigenvalue weighted by atomic mass is 10.2. The number of halogens is 1. The molecule has 0 bridgehead atoms. The van der Waals surface area contributed by atoms with Crippen LogP contribution in [0.1, 0.15) is 23.7 Å². The smallest absolute Gasteiger partial charge is 0.328 e. The SMILES string of the molecule is CCCNC(=O)NS(=O)(=O)c1cc(C(=O)N=C(N)N)ccc1Cl. The topological polar surface area (TPSA) is 157 Å². The number of aliphatic imine (C=N–C) groups is 1. The van der Waals surface area contributed by atoms with Gasteiger partial charge in [0.15, 0.2) is 5.96 Å². The van der Waals surface area contributed by atoms with Gasteiger partial charge in [0, 0.05) is 12.1 Å². The van der Waals surface area contributed by atoms with E-state index in [1.807, 2.05) is 6.92 Å². The summed E-state index contributed by atoms with van der Waals surface area (Å²) < 4.78 is 26.1. The summed E-state index contributed by atoms with van der Waals surface area (Å²) in [6, 6.07) is 2.53. The summed E-state index contributed by atoms with van der Waals surface area (Å²) in [5.74, 6) is -1.31. The number of rotatable bonds is 5. The molecule has 126 valence electrons. The summed E-state index contributed by atoms with van der Waals surface area (Å²) in [6.45, 7) is 2.11. The van der Waals surface area contributed by atoms with E-state index < -0.39 is 32.8 Å². The number of nitrogens with two attached hydrogens (primary N) is 2. The molecule has 1 aromatic carbocycles. The van der Waals surface area contributed by atoms with Crippen LogP contribution in [0.5, 0.6) is 0 Å². The molecule has 0 unspecified atom stereocenters. The Morgan fingerprint density at radius 1 is 1.30 bits per heavy atom. The van der Waals surface area contributed by atoms with E-state index in [0.717, 1.165) is 6.07 Å². The first-order chi connectivity index (χ1) is 10.7. The maximum Gasteiger partial charge on any atom is 0.328 e. The molecule has 0 fully saturated rings. The lowest BCUT2D eigenvalue weighted by Gasteiger charge is -2.10. The zero-order chi connectivity index (χ0) is 17.6. The number of carbonyl (C=O) groups excluding carboxylic acids is 2. The molecule has 0 atom stereocenters. The average molecular weight is 362 g/mol. The van der Waals surface area contributed by atoms with Gasteiger partial charge in [0.25, 0.3) is 15.9 Å². The van der Waals surface area contributed by atoms with E-state index in [4.69, 9.17) is 23.1 Å². The molecular formula is C12H16ClN5O4S. The van der Waals surface area contributed by atoms with Crippen LogP contribution in [0.3, 0.4) is 0 Å². The largest absolute Gasteiger partial charge is 0.370 e. The van der Waals surface area contributed by atoms with Crippen molar-refractivity contribution in [2.75, 3.05) is 6.54 Å². The van der Waals surface area contributed by atoms with E-state index in [2.05, 4.69) is 10.3 Å². The van der Waals surface area contributed by atoms with Gasteiger partial charge in [-0.15, -0.1) is 0 Å². The lowest BCUT2D eigenvalue weighted by molar-refractivity contribution is 0.100. The van der Waals surface area contributed by atoms with Crippen molar-refractivity contribution in [2.24, 2.45) is 16.5 Å². The molecule has 1 rings (SSSR count). The molecular weight excluding hydrogens is 346 g/mol. The van der Waals surface area contributed by atoms with Crippen LogP contribution in [0.4, 0.5) is 4.79 Å². The zero-order valence-electron chi connectivity index (χ0n) is 12.2. The second-order valence-corrected chi connectivity index (χ2v) is 6.41. The third-order valence-electron chi connectivity index (χ3n) is 2.46. The molecule has 0 saturated carbocycles. The number of nitrogens with one attached hydrogen (secondary N) is 2. The molecule has 0 aliphatic heterocycles. The predicted molar refractivity (Wildman–Crippen MR) is 85.6 cm³/mol. The zero-order valence-corrected chi connectivity index (χ0v) is 13.7. The van der Waals surface area contributed by atoms with Crippen LogP contribution in [0.25, 0.3) is 0 Å². The fraction of sp³-hybridized carbons (Fsp3) is 0.250. The monoisotopic (exact) mass is 361 g/mol. The number of guanidine groups is 1. The Bertz CT molecular complexity index is 744. The van der Waals surface area contributed by atoms with Gasteiger partial charge >= 0.3 is 6.03 Å². The second-order valence-electron chi connectivity index (χ2n) is 4.35. The first-order valence-corrected chi connectivity index (χ1v) is 8.27. The first-order valence-electron chi connectivity index (χ1n) is 6.41. The Morgan fingerprint density at radius 2 is 1.96 bits per heavy atom. The summed E-state index contributed by atoms with van der Waals surface area (Å²) in [5, 5.41) is 2.18. The van der Waals surface area contributed by atoms with Crippen LogP contribution < -0.4 is 21.5 Å². The minimum Gasteiger partial charge on any atom is -0.370 e. The van der Waals surface area contributed by atoms with Crippen molar-refractivity contribution in [1.29, 1.82) is 0 Å². The molecule has 6 N–H and O–H groups in total. The maximum absolute atomic E-state index is 12.2. The Labute approximate surface area is 138 Å². The van der Waals surface area contributed by atoms with E-state index in [-0.39, 0.29) is 10.6 Å². The molecule has 0 aliphatic rings. The van der Waals surface area contributed by atoms with E-state index in [9.17, 15) is 18.0 Å². The van der Waals surface area contributed by atoms with Gasteiger partial charge in [0.2, 0.25) is 0 Å². The van der Waals surface area contributed by atoms with Crippen molar-refractivity contribution in [3.05, 3.63) is 28.8 Å². The molecule has 0 heterocycles. The van der Waals surface area contributed by atoms with Gasteiger partial charge in [-0.3, -0.25) is 4.79 Å². The van der Waals surface area contributed by atoms with Crippen LogP contribution in [0, 0.1) is 0 Å². The van der Waals surface area contributed by atoms with Crippen molar-refractivity contribution in [2.45, 2.75) is 18.2 Å². The van der Waals surface area contributed by atoms with Crippen LogP contribution >= 0.6 is 11.6 Å². The molecule has 1 aromatic rings. The van der Waals surface area contributed by atoms with Gasteiger partial charge in [0.1, 0.15) is 4.90 Å². The van der Waals surface area contributed by atoms with Gasteiger partial charge in [-0.2, -0.15) is 4.99 Å². The summed E-state index contributed by atoms with van der Waals surface area (Å²) in [5.41, 5.74) is 10.1. The van der Waals surface area contributed by atoms with Crippen molar-refractivity contribution in [3.63, 3.8) is 0 Å². The fourth-order valence-corrected chi connectivity index (χ4v) is 2.93. The number of sulfonamides is 1. The summed E-state index contributed by atoms with van der Waals surface area (Å²) in [7, 11) is -4.26. The summed E-state index contributed by atoms with van der Waals surface area (Å²) >= 11 is 5.83. The lowest BCUT2D eigenvalue weighted by Crippen LogP contribution is -2.39. The number of benzene rings is 1. The number of urea groups is 1. The van der Waals surface area contributed by atoms with Gasteiger partial charge in [-0.1, -0.05) is 18.5 Å². The van der Waals surface area contributed by atoms with Crippen LogP contribution in [-0.2, 0) is 10.0 Å². The maximum atomic E-state index is 12.2. The Balaban J connectivity index is 3.13. The standard InChI is InChI=1S/C12H16ClN5O4S/c1-2-5-16-12(20)18-23(21,22)9-6-7(3-4-8(9)13)10(19)17-11(14)15/h3-4,6H,2,5H2,1H3,(H2,16,18,20)(H4,14,15,17,19). The van der Waals surface area contributed by atoms with Crippen LogP contribution in [0.15, 0.2) is 28.1 Å². The molecule has 0 aromatic heterocycles. The van der Waals surface area contributed by atoms with Crippen LogP contribution in [0.2, 0.25) is 5.02 Å².